The standard InChI is InChI=1S/C20H39O2/c1-4-7-9-11-12-14-16-18-19(22-20(21)6-3)17-15-13-10-8-5-2/h6,19H,4-5,7-18H2,1-3H3. The normalized spacial score (nSPS) is 12.3. The van der Waals surface area contributed by atoms with E-state index < -0.39 is 0 Å². The van der Waals surface area contributed by atoms with E-state index >= 15 is 0 Å². The molecular formula is C20H39O2. The lowest BCUT2D eigenvalue weighted by molar-refractivity contribution is -0.145. The number of unbranched alkanes of at least 4 members (excludes halogenated alkanes) is 10. The van der Waals surface area contributed by atoms with Gasteiger partial charge >= 0.3 is 5.97 Å². The van der Waals surface area contributed by atoms with Gasteiger partial charge in [0.1, 0.15) is 6.10 Å². The van der Waals surface area contributed by atoms with E-state index in [1.807, 2.05) is 0 Å². The fraction of sp³-hybridized carbons (Fsp3) is 0.900. The van der Waals surface area contributed by atoms with Gasteiger partial charge in [0.15, 0.2) is 0 Å². The first-order valence-corrected chi connectivity index (χ1v) is 9.74. The van der Waals surface area contributed by atoms with Gasteiger partial charge in [-0.15, -0.1) is 0 Å². The van der Waals surface area contributed by atoms with Crippen molar-refractivity contribution in [3.63, 3.8) is 0 Å². The van der Waals surface area contributed by atoms with Gasteiger partial charge in [0.05, 0.1) is 6.42 Å². The molecule has 0 N–H and O–H groups in total. The van der Waals surface area contributed by atoms with Crippen LogP contribution in [-0.4, -0.2) is 12.1 Å². The first kappa shape index (κ1) is 21.5. The third-order valence-electron chi connectivity index (χ3n) is 4.28. The highest BCUT2D eigenvalue weighted by molar-refractivity contribution is 5.78. The van der Waals surface area contributed by atoms with E-state index in [4.69, 9.17) is 4.74 Å². The van der Waals surface area contributed by atoms with E-state index in [1.54, 1.807) is 6.92 Å². The van der Waals surface area contributed by atoms with E-state index in [1.165, 1.54) is 83.5 Å². The second kappa shape index (κ2) is 16.8. The number of hydrogen-bond donors (Lipinski definition) is 0. The molecule has 0 aliphatic carbocycles. The summed E-state index contributed by atoms with van der Waals surface area (Å²) in [5, 5.41) is 0. The largest absolute Gasteiger partial charge is 0.462 e. The molecule has 0 amide bonds. The molecule has 0 aromatic heterocycles. The van der Waals surface area contributed by atoms with Crippen molar-refractivity contribution in [2.24, 2.45) is 0 Å². The van der Waals surface area contributed by atoms with Gasteiger partial charge in [0, 0.05) is 0 Å². The molecule has 0 saturated heterocycles. The van der Waals surface area contributed by atoms with Crippen molar-refractivity contribution in [3.8, 4) is 0 Å². The van der Waals surface area contributed by atoms with Crippen molar-refractivity contribution in [1.29, 1.82) is 0 Å². The van der Waals surface area contributed by atoms with Gasteiger partial charge in [-0.2, -0.15) is 0 Å². The van der Waals surface area contributed by atoms with Crippen LogP contribution in [0.2, 0.25) is 0 Å². The van der Waals surface area contributed by atoms with Crippen molar-refractivity contribution < 1.29 is 9.53 Å². The molecule has 0 aliphatic rings. The summed E-state index contributed by atoms with van der Waals surface area (Å²) in [5.74, 6) is -0.151. The smallest absolute Gasteiger partial charge is 0.309 e. The third-order valence-corrected chi connectivity index (χ3v) is 4.28. The van der Waals surface area contributed by atoms with E-state index in [2.05, 4.69) is 13.8 Å². The minimum absolute atomic E-state index is 0.140. The quantitative estimate of drug-likeness (QED) is 0.236. The zero-order valence-electron chi connectivity index (χ0n) is 15.4. The Bertz CT molecular complexity index is 238. The Hall–Kier alpha value is -0.530. The number of carbonyl (C=O) groups is 1. The predicted molar refractivity (Wildman–Crippen MR) is 95.8 cm³/mol. The van der Waals surface area contributed by atoms with E-state index in [0.29, 0.717) is 0 Å². The zero-order valence-corrected chi connectivity index (χ0v) is 15.4. The van der Waals surface area contributed by atoms with Crippen molar-refractivity contribution >= 4 is 5.97 Å². The monoisotopic (exact) mass is 311 g/mol. The van der Waals surface area contributed by atoms with Crippen LogP contribution in [0, 0.1) is 6.42 Å². The Morgan fingerprint density at radius 1 is 0.773 bits per heavy atom. The predicted octanol–water partition coefficient (Wildman–Crippen LogP) is 6.62. The molecule has 1 atom stereocenters. The Kier molecular flexibility index (Phi) is 16.4. The summed E-state index contributed by atoms with van der Waals surface area (Å²) in [5.41, 5.74) is 0. The van der Waals surface area contributed by atoms with E-state index in [9.17, 15) is 4.79 Å². The van der Waals surface area contributed by atoms with E-state index in [0.717, 1.165) is 12.8 Å². The van der Waals surface area contributed by atoms with Crippen LogP contribution in [0.5, 0.6) is 0 Å². The van der Waals surface area contributed by atoms with Crippen LogP contribution in [0.1, 0.15) is 111 Å². The average Bonchev–Trinajstić information content (AvgIpc) is 2.53. The van der Waals surface area contributed by atoms with Gasteiger partial charge in [-0.3, -0.25) is 4.79 Å². The maximum Gasteiger partial charge on any atom is 0.309 e. The van der Waals surface area contributed by atoms with Gasteiger partial charge in [0.25, 0.3) is 0 Å². The van der Waals surface area contributed by atoms with Gasteiger partial charge in [-0.1, -0.05) is 85.0 Å². The molecule has 0 aromatic rings. The fourth-order valence-corrected chi connectivity index (χ4v) is 2.80. The summed E-state index contributed by atoms with van der Waals surface area (Å²) in [4.78, 5) is 11.5. The summed E-state index contributed by atoms with van der Waals surface area (Å²) in [6.45, 7) is 6.25. The van der Waals surface area contributed by atoms with E-state index in [-0.39, 0.29) is 12.1 Å². The lowest BCUT2D eigenvalue weighted by atomic mass is 10.0. The second-order valence-corrected chi connectivity index (χ2v) is 6.46. The van der Waals surface area contributed by atoms with Crippen LogP contribution in [-0.2, 0) is 9.53 Å². The van der Waals surface area contributed by atoms with Crippen molar-refractivity contribution in [2.75, 3.05) is 0 Å². The Labute approximate surface area is 139 Å². The van der Waals surface area contributed by atoms with Crippen LogP contribution >= 0.6 is 0 Å². The molecular weight excluding hydrogens is 272 g/mol. The van der Waals surface area contributed by atoms with Crippen molar-refractivity contribution in [2.45, 2.75) is 117 Å². The Balaban J connectivity index is 3.75. The number of esters is 1. The summed E-state index contributed by atoms with van der Waals surface area (Å²) >= 11 is 0. The molecule has 0 aromatic carbocycles. The molecule has 2 heteroatoms. The molecule has 0 spiro atoms. The molecule has 22 heavy (non-hydrogen) atoms. The maximum atomic E-state index is 11.5. The summed E-state index contributed by atoms with van der Waals surface area (Å²) in [6, 6.07) is 0. The highest BCUT2D eigenvalue weighted by Crippen LogP contribution is 2.17. The molecule has 1 unspecified atom stereocenters. The maximum absolute atomic E-state index is 11.5. The number of hydrogen-bond acceptors (Lipinski definition) is 2. The number of carbonyl (C=O) groups excluding carboxylic acids is 1. The van der Waals surface area contributed by atoms with Gasteiger partial charge in [-0.05, 0) is 25.7 Å². The van der Waals surface area contributed by atoms with Crippen LogP contribution < -0.4 is 0 Å². The Morgan fingerprint density at radius 2 is 1.18 bits per heavy atom. The average molecular weight is 312 g/mol. The second-order valence-electron chi connectivity index (χ2n) is 6.46. The number of rotatable bonds is 16. The van der Waals surface area contributed by atoms with Crippen LogP contribution in [0.25, 0.3) is 0 Å². The summed E-state index contributed by atoms with van der Waals surface area (Å²) in [6.07, 6.45) is 19.4. The van der Waals surface area contributed by atoms with Crippen LogP contribution in [0.4, 0.5) is 0 Å². The zero-order chi connectivity index (χ0) is 16.5. The van der Waals surface area contributed by atoms with Crippen molar-refractivity contribution in [3.05, 3.63) is 6.42 Å². The lowest BCUT2D eigenvalue weighted by Crippen LogP contribution is -2.18. The lowest BCUT2D eigenvalue weighted by Gasteiger charge is -2.17. The highest BCUT2D eigenvalue weighted by Gasteiger charge is 2.13. The molecule has 0 bridgehead atoms. The molecule has 0 aliphatic heterocycles. The van der Waals surface area contributed by atoms with Gasteiger partial charge < -0.3 is 4.74 Å². The molecule has 0 saturated carbocycles. The number of ether oxygens (including phenoxy) is 1. The minimum atomic E-state index is -0.151. The molecule has 1 radical (unpaired) electrons. The fourth-order valence-electron chi connectivity index (χ4n) is 2.80. The molecule has 0 fully saturated rings. The first-order chi connectivity index (χ1) is 10.7. The summed E-state index contributed by atoms with van der Waals surface area (Å²) < 4.78 is 5.56. The van der Waals surface area contributed by atoms with Crippen LogP contribution in [0.15, 0.2) is 0 Å². The molecule has 0 heterocycles. The van der Waals surface area contributed by atoms with Crippen molar-refractivity contribution in [1.82, 2.24) is 0 Å². The SMILES string of the molecule is C[CH]C(=O)OC(CCCCCCC)CCCCCCCCC. The molecule has 2 nitrogen and oxygen atoms in total. The Morgan fingerprint density at radius 3 is 1.59 bits per heavy atom. The van der Waals surface area contributed by atoms with Crippen LogP contribution in [0.3, 0.4) is 0 Å². The van der Waals surface area contributed by atoms with Gasteiger partial charge in [-0.25, -0.2) is 0 Å². The van der Waals surface area contributed by atoms with Gasteiger partial charge in [0.2, 0.25) is 0 Å². The third kappa shape index (κ3) is 14.4. The molecule has 131 valence electrons. The summed E-state index contributed by atoms with van der Waals surface area (Å²) in [7, 11) is 0. The topological polar surface area (TPSA) is 26.3 Å². The minimum Gasteiger partial charge on any atom is -0.462 e. The highest BCUT2D eigenvalue weighted by atomic mass is 16.5. The first-order valence-electron chi connectivity index (χ1n) is 9.74. The molecule has 0 rings (SSSR count).